The molecule has 2 heterocycles. The number of hydrogen-bond donors (Lipinski definition) is 1. The number of carboxylic acid groups (broad SMARTS) is 1. The Hall–Kier alpha value is -1.77. The normalized spacial score (nSPS) is 20.2. The first-order valence-electron chi connectivity index (χ1n) is 8.32. The van der Waals surface area contributed by atoms with Crippen LogP contribution in [0.3, 0.4) is 0 Å². The highest BCUT2D eigenvalue weighted by molar-refractivity contribution is 7.89. The first-order valence-corrected chi connectivity index (χ1v) is 9.76. The van der Waals surface area contributed by atoms with Gasteiger partial charge in [0.05, 0.1) is 23.5 Å². The molecule has 1 spiro atoms. The summed E-state index contributed by atoms with van der Waals surface area (Å²) in [6.45, 7) is 1.62. The number of rotatable bonds is 6. The van der Waals surface area contributed by atoms with Gasteiger partial charge in [-0.1, -0.05) is 12.1 Å². The highest BCUT2D eigenvalue weighted by Crippen LogP contribution is 2.38. The summed E-state index contributed by atoms with van der Waals surface area (Å²) >= 11 is 0. The number of aliphatic carboxylic acids is 1. The van der Waals surface area contributed by atoms with E-state index in [-0.39, 0.29) is 29.1 Å². The molecule has 0 saturated carbocycles. The zero-order valence-corrected chi connectivity index (χ0v) is 14.6. The van der Waals surface area contributed by atoms with Crippen LogP contribution in [0.1, 0.15) is 42.5 Å². The van der Waals surface area contributed by atoms with Crippen molar-refractivity contribution in [2.45, 2.75) is 42.6 Å². The molecule has 1 N–H and O–H groups in total. The van der Waals surface area contributed by atoms with Crippen LogP contribution in [0.5, 0.6) is 0 Å². The minimum Gasteiger partial charge on any atom is -0.481 e. The predicted octanol–water partition coefficient (Wildman–Crippen LogP) is 1.68. The molecule has 1 aromatic rings. The number of piperidine rings is 1. The Morgan fingerprint density at radius 1 is 1.08 bits per heavy atom. The van der Waals surface area contributed by atoms with E-state index >= 15 is 0 Å². The Kier molecular flexibility index (Phi) is 4.95. The molecule has 8 heteroatoms. The van der Waals surface area contributed by atoms with E-state index in [1.807, 2.05) is 0 Å². The highest BCUT2D eigenvalue weighted by Gasteiger charge is 2.43. The summed E-state index contributed by atoms with van der Waals surface area (Å²) in [6.07, 6.45) is 2.07. The molecule has 2 fully saturated rings. The Morgan fingerprint density at radius 2 is 1.68 bits per heavy atom. The number of carbonyl (C=O) groups excluding carboxylic acids is 1. The number of sulfonamides is 1. The van der Waals surface area contributed by atoms with Crippen molar-refractivity contribution in [3.05, 3.63) is 29.8 Å². The number of carboxylic acids is 1. The minimum atomic E-state index is -3.59. The van der Waals surface area contributed by atoms with Gasteiger partial charge in [0.2, 0.25) is 10.0 Å². The first-order chi connectivity index (χ1) is 11.8. The molecule has 0 aliphatic carbocycles. The number of ether oxygens (including phenoxy) is 1. The molecule has 136 valence electrons. The van der Waals surface area contributed by atoms with Crippen molar-refractivity contribution in [1.29, 1.82) is 0 Å². The molecule has 2 aliphatic heterocycles. The van der Waals surface area contributed by atoms with Crippen molar-refractivity contribution in [2.75, 3.05) is 19.7 Å². The molecule has 3 rings (SSSR count). The van der Waals surface area contributed by atoms with Gasteiger partial charge in [0.1, 0.15) is 0 Å². The molecule has 0 radical (unpaired) electrons. The zero-order valence-electron chi connectivity index (χ0n) is 13.8. The summed E-state index contributed by atoms with van der Waals surface area (Å²) in [5.74, 6) is -1.35. The van der Waals surface area contributed by atoms with Gasteiger partial charge >= 0.3 is 5.97 Å². The van der Waals surface area contributed by atoms with Gasteiger partial charge in [0, 0.05) is 25.1 Å². The standard InChI is InChI=1S/C17H21NO6S/c19-15(5-6-16(20)21)13-1-3-14(4-2-13)25(22,23)18-10-7-17(8-11-18)9-12-24-17/h1-4H,5-12H2,(H,20,21). The Morgan fingerprint density at radius 3 is 2.16 bits per heavy atom. The fourth-order valence-corrected chi connectivity index (χ4v) is 4.69. The molecule has 0 atom stereocenters. The third-order valence-corrected chi connectivity index (χ3v) is 6.89. The summed E-state index contributed by atoms with van der Waals surface area (Å²) in [4.78, 5) is 22.6. The monoisotopic (exact) mass is 367 g/mol. The third kappa shape index (κ3) is 3.75. The van der Waals surface area contributed by atoms with Gasteiger partial charge in [-0.15, -0.1) is 0 Å². The molecule has 0 unspecified atom stereocenters. The van der Waals surface area contributed by atoms with Crippen LogP contribution >= 0.6 is 0 Å². The van der Waals surface area contributed by atoms with Crippen molar-refractivity contribution in [2.24, 2.45) is 0 Å². The van der Waals surface area contributed by atoms with E-state index < -0.39 is 16.0 Å². The zero-order chi connectivity index (χ0) is 18.1. The Labute approximate surface area is 146 Å². The van der Waals surface area contributed by atoms with Gasteiger partial charge < -0.3 is 9.84 Å². The van der Waals surface area contributed by atoms with E-state index in [1.165, 1.54) is 28.6 Å². The molecule has 0 bridgehead atoms. The minimum absolute atomic E-state index is 0.102. The molecule has 25 heavy (non-hydrogen) atoms. The summed E-state index contributed by atoms with van der Waals surface area (Å²) in [5, 5.41) is 8.62. The molecule has 0 aromatic heterocycles. The second kappa shape index (κ2) is 6.86. The highest BCUT2D eigenvalue weighted by atomic mass is 32.2. The van der Waals surface area contributed by atoms with Gasteiger partial charge in [0.25, 0.3) is 0 Å². The van der Waals surface area contributed by atoms with Crippen LogP contribution in [0, 0.1) is 0 Å². The van der Waals surface area contributed by atoms with Crippen molar-refractivity contribution in [3.63, 3.8) is 0 Å². The quantitative estimate of drug-likeness (QED) is 0.768. The number of hydrogen-bond acceptors (Lipinski definition) is 5. The number of Topliss-reactive ketones (excluding diaryl/α,β-unsaturated/α-hetero) is 1. The molecule has 1 aromatic carbocycles. The molecule has 0 amide bonds. The van der Waals surface area contributed by atoms with Gasteiger partial charge in [-0.25, -0.2) is 8.42 Å². The van der Waals surface area contributed by atoms with Gasteiger partial charge in [0.15, 0.2) is 5.78 Å². The lowest BCUT2D eigenvalue weighted by atomic mass is 9.85. The van der Waals surface area contributed by atoms with Gasteiger partial charge in [-0.05, 0) is 31.4 Å². The van der Waals surface area contributed by atoms with Gasteiger partial charge in [-0.3, -0.25) is 9.59 Å². The second-order valence-electron chi connectivity index (χ2n) is 6.53. The maximum absolute atomic E-state index is 12.7. The van der Waals surface area contributed by atoms with Crippen LogP contribution in [0.2, 0.25) is 0 Å². The van der Waals surface area contributed by atoms with Crippen LogP contribution in [-0.4, -0.2) is 54.9 Å². The fraction of sp³-hybridized carbons (Fsp3) is 0.529. The number of carbonyl (C=O) groups is 2. The Balaban J connectivity index is 1.66. The smallest absolute Gasteiger partial charge is 0.303 e. The molecular formula is C17H21NO6S. The van der Waals surface area contributed by atoms with Crippen LogP contribution in [0.15, 0.2) is 29.2 Å². The van der Waals surface area contributed by atoms with Crippen molar-refractivity contribution in [3.8, 4) is 0 Å². The molecular weight excluding hydrogens is 346 g/mol. The maximum Gasteiger partial charge on any atom is 0.303 e. The van der Waals surface area contributed by atoms with Crippen molar-refractivity contribution in [1.82, 2.24) is 4.31 Å². The van der Waals surface area contributed by atoms with E-state index in [9.17, 15) is 18.0 Å². The first kappa shape index (κ1) is 18.0. The van der Waals surface area contributed by atoms with Gasteiger partial charge in [-0.2, -0.15) is 4.31 Å². The van der Waals surface area contributed by atoms with E-state index in [0.29, 0.717) is 31.5 Å². The largest absolute Gasteiger partial charge is 0.481 e. The number of nitrogens with zero attached hydrogens (tertiary/aromatic N) is 1. The van der Waals surface area contributed by atoms with E-state index in [2.05, 4.69) is 0 Å². The lowest BCUT2D eigenvalue weighted by Crippen LogP contribution is -2.53. The Bertz CT molecular complexity index is 757. The molecule has 2 saturated heterocycles. The number of benzene rings is 1. The predicted molar refractivity (Wildman–Crippen MR) is 88.9 cm³/mol. The lowest BCUT2D eigenvalue weighted by Gasteiger charge is -2.47. The average molecular weight is 367 g/mol. The summed E-state index contributed by atoms with van der Waals surface area (Å²) in [5.41, 5.74) is 0.201. The van der Waals surface area contributed by atoms with Crippen LogP contribution < -0.4 is 0 Å². The fourth-order valence-electron chi connectivity index (χ4n) is 3.25. The summed E-state index contributed by atoms with van der Waals surface area (Å²) in [7, 11) is -3.59. The summed E-state index contributed by atoms with van der Waals surface area (Å²) < 4.78 is 32.5. The molecule has 7 nitrogen and oxygen atoms in total. The third-order valence-electron chi connectivity index (χ3n) is 4.98. The van der Waals surface area contributed by atoms with E-state index in [4.69, 9.17) is 9.84 Å². The van der Waals surface area contributed by atoms with Crippen LogP contribution in [0.25, 0.3) is 0 Å². The summed E-state index contributed by atoms with van der Waals surface area (Å²) in [6, 6.07) is 5.70. The maximum atomic E-state index is 12.7. The van der Waals surface area contributed by atoms with Crippen LogP contribution in [0.4, 0.5) is 0 Å². The van der Waals surface area contributed by atoms with E-state index in [0.717, 1.165) is 13.0 Å². The second-order valence-corrected chi connectivity index (χ2v) is 8.46. The lowest BCUT2D eigenvalue weighted by molar-refractivity contribution is -0.167. The number of ketones is 1. The topological polar surface area (TPSA) is 101 Å². The van der Waals surface area contributed by atoms with Crippen molar-refractivity contribution < 1.29 is 27.9 Å². The average Bonchev–Trinajstić information content (AvgIpc) is 2.58. The SMILES string of the molecule is O=C(O)CCC(=O)c1ccc(S(=O)(=O)N2CCC3(CCO3)CC2)cc1. The van der Waals surface area contributed by atoms with E-state index in [1.54, 1.807) is 0 Å². The van der Waals surface area contributed by atoms with Crippen LogP contribution in [-0.2, 0) is 19.6 Å². The molecule has 2 aliphatic rings. The van der Waals surface area contributed by atoms with Crippen molar-refractivity contribution >= 4 is 21.8 Å².